The molecule has 0 saturated heterocycles. The van der Waals surface area contributed by atoms with E-state index in [1.54, 1.807) is 0 Å². The van der Waals surface area contributed by atoms with Crippen molar-refractivity contribution in [3.8, 4) is 0 Å². The summed E-state index contributed by atoms with van der Waals surface area (Å²) in [7, 11) is 0. The van der Waals surface area contributed by atoms with Crippen LogP contribution in [0.1, 0.15) is 38.5 Å². The molecular formula is C8H18IO2P. The Morgan fingerprint density at radius 3 is 2.17 bits per heavy atom. The average molecular weight is 304 g/mol. The second-order valence-corrected chi connectivity index (χ2v) is 4.53. The van der Waals surface area contributed by atoms with Crippen LogP contribution in [0.25, 0.3) is 0 Å². The molecule has 0 aromatic carbocycles. The Morgan fingerprint density at radius 2 is 1.58 bits per heavy atom. The van der Waals surface area contributed by atoms with E-state index in [1.807, 2.05) is 0 Å². The molecule has 4 heteroatoms. The van der Waals surface area contributed by atoms with Gasteiger partial charge in [0.15, 0.2) is 0 Å². The van der Waals surface area contributed by atoms with E-state index in [4.69, 9.17) is 9.63 Å². The predicted octanol–water partition coefficient (Wildman–Crippen LogP) is 3.28. The van der Waals surface area contributed by atoms with Gasteiger partial charge < -0.3 is 9.63 Å². The minimum absolute atomic E-state index is 0.346. The molecule has 0 aliphatic rings. The highest BCUT2D eigenvalue weighted by molar-refractivity contribution is 14.2. The molecule has 1 atom stereocenters. The summed E-state index contributed by atoms with van der Waals surface area (Å²) in [5, 5.41) is 8.52. The van der Waals surface area contributed by atoms with E-state index >= 15 is 0 Å². The molecule has 0 bridgehead atoms. The Labute approximate surface area is 89.8 Å². The number of aliphatic hydroxyl groups excluding tert-OH is 1. The lowest BCUT2D eigenvalue weighted by Crippen LogP contribution is -1.86. The molecule has 0 amide bonds. The molecule has 12 heavy (non-hydrogen) atoms. The Balaban J connectivity index is 2.73. The summed E-state index contributed by atoms with van der Waals surface area (Å²) in [6.07, 6.45) is 7.14. The highest BCUT2D eigenvalue weighted by Gasteiger charge is 1.90. The number of halogens is 1. The van der Waals surface area contributed by atoms with Gasteiger partial charge in [-0.1, -0.05) is 25.7 Å². The molecule has 0 heterocycles. The second-order valence-electron chi connectivity index (χ2n) is 2.77. The Kier molecular flexibility index (Phi) is 13.2. The van der Waals surface area contributed by atoms with Crippen LogP contribution in [0.4, 0.5) is 0 Å². The maximum atomic E-state index is 8.52. The van der Waals surface area contributed by atoms with Crippen molar-refractivity contribution < 1.29 is 9.63 Å². The first-order valence-electron chi connectivity index (χ1n) is 4.50. The zero-order chi connectivity index (χ0) is 9.07. The third kappa shape index (κ3) is 11.1. The molecule has 0 rings (SSSR count). The van der Waals surface area contributed by atoms with Crippen LogP contribution < -0.4 is 0 Å². The predicted molar refractivity (Wildman–Crippen MR) is 63.1 cm³/mol. The SMILES string of the molecule is OCCCCCCCCOPI. The molecule has 0 aliphatic heterocycles. The average Bonchev–Trinajstić information content (AvgIpc) is 2.10. The normalized spacial score (nSPS) is 11.5. The molecule has 1 N–H and O–H groups in total. The van der Waals surface area contributed by atoms with Crippen LogP contribution in [-0.2, 0) is 4.52 Å². The lowest BCUT2D eigenvalue weighted by atomic mass is 10.1. The number of hydrogen-bond donors (Lipinski definition) is 1. The van der Waals surface area contributed by atoms with E-state index in [0.717, 1.165) is 13.0 Å². The molecule has 0 aliphatic carbocycles. The first-order chi connectivity index (χ1) is 5.91. The molecule has 0 radical (unpaired) electrons. The topological polar surface area (TPSA) is 29.5 Å². The Bertz CT molecular complexity index is 73.5. The molecule has 0 aromatic rings. The van der Waals surface area contributed by atoms with Gasteiger partial charge in [-0.05, 0) is 34.9 Å². The van der Waals surface area contributed by atoms with E-state index < -0.39 is 0 Å². The summed E-state index contributed by atoms with van der Waals surface area (Å²) in [6, 6.07) is 0. The van der Waals surface area contributed by atoms with Crippen LogP contribution in [0.15, 0.2) is 0 Å². The van der Waals surface area contributed by atoms with Crippen molar-refractivity contribution in [2.24, 2.45) is 0 Å². The summed E-state index contributed by atoms with van der Waals surface area (Å²) in [6.45, 7) is 1.87. The lowest BCUT2D eigenvalue weighted by molar-refractivity contribution is 0.281. The first kappa shape index (κ1) is 13.1. The van der Waals surface area contributed by atoms with Gasteiger partial charge >= 0.3 is 0 Å². The zero-order valence-electron chi connectivity index (χ0n) is 7.39. The lowest BCUT2D eigenvalue weighted by Gasteiger charge is -2.00. The van der Waals surface area contributed by atoms with Gasteiger partial charge in [0, 0.05) is 6.61 Å². The fourth-order valence-electron chi connectivity index (χ4n) is 1.03. The largest absolute Gasteiger partial charge is 0.396 e. The van der Waals surface area contributed by atoms with Crippen molar-refractivity contribution in [3.63, 3.8) is 0 Å². The van der Waals surface area contributed by atoms with Gasteiger partial charge in [0.2, 0.25) is 0 Å². The number of hydrogen-bond acceptors (Lipinski definition) is 2. The monoisotopic (exact) mass is 304 g/mol. The van der Waals surface area contributed by atoms with E-state index in [9.17, 15) is 0 Å². The van der Waals surface area contributed by atoms with Crippen LogP contribution in [0.3, 0.4) is 0 Å². The molecule has 0 fully saturated rings. The van der Waals surface area contributed by atoms with Crippen molar-refractivity contribution in [2.75, 3.05) is 13.2 Å². The Hall–Kier alpha value is 1.08. The van der Waals surface area contributed by atoms with E-state index in [1.165, 1.54) is 32.1 Å². The maximum absolute atomic E-state index is 8.52. The van der Waals surface area contributed by atoms with E-state index in [-0.39, 0.29) is 0 Å². The number of rotatable bonds is 9. The van der Waals surface area contributed by atoms with Gasteiger partial charge in [0.1, 0.15) is 0 Å². The summed E-state index contributed by atoms with van der Waals surface area (Å²) in [4.78, 5) is 0. The molecular weight excluding hydrogens is 286 g/mol. The molecule has 1 unspecified atom stereocenters. The van der Waals surface area contributed by atoms with Crippen molar-refractivity contribution >= 4 is 28.5 Å². The third-order valence-electron chi connectivity index (χ3n) is 1.71. The number of unbranched alkanes of at least 4 members (excludes halogenated alkanes) is 5. The van der Waals surface area contributed by atoms with Crippen LogP contribution in [0.2, 0.25) is 0 Å². The van der Waals surface area contributed by atoms with Crippen LogP contribution in [-0.4, -0.2) is 18.3 Å². The summed E-state index contributed by atoms with van der Waals surface area (Å²) in [5.74, 6) is 0. The van der Waals surface area contributed by atoms with Crippen molar-refractivity contribution in [1.29, 1.82) is 0 Å². The van der Waals surface area contributed by atoms with Gasteiger partial charge in [0.05, 0.1) is 13.1 Å². The van der Waals surface area contributed by atoms with Crippen molar-refractivity contribution in [2.45, 2.75) is 38.5 Å². The fraction of sp³-hybridized carbons (Fsp3) is 1.00. The Morgan fingerprint density at radius 1 is 1.00 bits per heavy atom. The van der Waals surface area contributed by atoms with Crippen LogP contribution >= 0.6 is 28.5 Å². The fourth-order valence-corrected chi connectivity index (χ4v) is 1.91. The minimum Gasteiger partial charge on any atom is -0.396 e. The van der Waals surface area contributed by atoms with Crippen LogP contribution in [0, 0.1) is 0 Å². The highest BCUT2D eigenvalue weighted by atomic mass is 127. The minimum atomic E-state index is 0.346. The standard InChI is InChI=1S/C8H18IO2P/c9-12-11-8-6-4-2-1-3-5-7-10/h10,12H,1-8H2. The van der Waals surface area contributed by atoms with Crippen molar-refractivity contribution in [3.05, 3.63) is 0 Å². The van der Waals surface area contributed by atoms with Crippen LogP contribution in [0.5, 0.6) is 0 Å². The van der Waals surface area contributed by atoms with Crippen molar-refractivity contribution in [1.82, 2.24) is 0 Å². The zero-order valence-corrected chi connectivity index (χ0v) is 10.5. The molecule has 2 nitrogen and oxygen atoms in total. The summed E-state index contributed by atoms with van der Waals surface area (Å²) in [5.41, 5.74) is 0. The quantitative estimate of drug-likeness (QED) is 0.402. The number of aliphatic hydroxyl groups is 1. The van der Waals surface area contributed by atoms with E-state index in [0.29, 0.717) is 13.1 Å². The molecule has 0 saturated carbocycles. The second kappa shape index (κ2) is 12.1. The molecule has 0 aromatic heterocycles. The first-order valence-corrected chi connectivity index (χ1v) is 8.52. The van der Waals surface area contributed by atoms with Gasteiger partial charge in [-0.25, -0.2) is 0 Å². The molecule has 74 valence electrons. The van der Waals surface area contributed by atoms with E-state index in [2.05, 4.69) is 22.0 Å². The summed E-state index contributed by atoms with van der Waals surface area (Å²) >= 11 is 2.24. The van der Waals surface area contributed by atoms with Gasteiger partial charge in [0.25, 0.3) is 0 Å². The maximum Gasteiger partial charge on any atom is 0.0793 e. The smallest absolute Gasteiger partial charge is 0.0793 e. The highest BCUT2D eigenvalue weighted by Crippen LogP contribution is 2.22. The third-order valence-corrected chi connectivity index (χ3v) is 2.96. The van der Waals surface area contributed by atoms with Gasteiger partial charge in [-0.2, -0.15) is 0 Å². The summed E-state index contributed by atoms with van der Waals surface area (Å²) < 4.78 is 5.24. The molecule has 0 spiro atoms. The van der Waals surface area contributed by atoms with Gasteiger partial charge in [-0.3, -0.25) is 0 Å². The van der Waals surface area contributed by atoms with Gasteiger partial charge in [-0.15, -0.1) is 0 Å².